The Morgan fingerprint density at radius 1 is 1.20 bits per heavy atom. The third-order valence-electron chi connectivity index (χ3n) is 7.12. The molecule has 1 amide bonds. The van der Waals surface area contributed by atoms with Crippen LogP contribution in [0.1, 0.15) is 94.9 Å². The topological polar surface area (TPSA) is 67.2 Å². The van der Waals surface area contributed by atoms with Gasteiger partial charge in [-0.1, -0.05) is 59.8 Å². The normalized spacial score (nSPS) is 17.0. The van der Waals surface area contributed by atoms with Crippen molar-refractivity contribution in [1.82, 2.24) is 14.9 Å². The highest BCUT2D eigenvalue weighted by atomic mass is 16.3. The lowest BCUT2D eigenvalue weighted by Gasteiger charge is -2.22. The Morgan fingerprint density at radius 2 is 1.90 bits per heavy atom. The SMILES string of the molecule is CCC(C)C(CO)NC(=O)c1ccc2c(c1)nc(CC1CCCC1)n2C(CC)CC. The van der Waals surface area contributed by atoms with Crippen molar-refractivity contribution < 1.29 is 9.90 Å². The summed E-state index contributed by atoms with van der Waals surface area (Å²) in [7, 11) is 0. The molecule has 30 heavy (non-hydrogen) atoms. The summed E-state index contributed by atoms with van der Waals surface area (Å²) in [5, 5.41) is 12.7. The molecule has 5 heteroatoms. The number of nitrogens with zero attached hydrogens (tertiary/aromatic N) is 2. The predicted molar refractivity (Wildman–Crippen MR) is 123 cm³/mol. The van der Waals surface area contributed by atoms with Gasteiger partial charge in [-0.15, -0.1) is 0 Å². The summed E-state index contributed by atoms with van der Waals surface area (Å²) in [5.74, 6) is 2.01. The highest BCUT2D eigenvalue weighted by molar-refractivity contribution is 5.97. The molecule has 1 saturated carbocycles. The smallest absolute Gasteiger partial charge is 0.251 e. The molecule has 1 aromatic heterocycles. The maximum atomic E-state index is 12.8. The van der Waals surface area contributed by atoms with Crippen molar-refractivity contribution >= 4 is 16.9 Å². The van der Waals surface area contributed by atoms with Crippen molar-refractivity contribution in [2.45, 2.75) is 91.1 Å². The molecule has 3 rings (SSSR count). The van der Waals surface area contributed by atoms with Gasteiger partial charge in [0, 0.05) is 18.0 Å². The maximum absolute atomic E-state index is 12.8. The molecule has 0 saturated heterocycles. The molecular weight excluding hydrogens is 374 g/mol. The molecule has 5 nitrogen and oxygen atoms in total. The van der Waals surface area contributed by atoms with Crippen LogP contribution in [0.15, 0.2) is 18.2 Å². The van der Waals surface area contributed by atoms with Crippen LogP contribution in [0.2, 0.25) is 0 Å². The largest absolute Gasteiger partial charge is 0.394 e. The van der Waals surface area contributed by atoms with E-state index in [1.54, 1.807) is 0 Å². The van der Waals surface area contributed by atoms with Crippen LogP contribution in [0.3, 0.4) is 0 Å². The van der Waals surface area contributed by atoms with E-state index < -0.39 is 0 Å². The molecule has 166 valence electrons. The fraction of sp³-hybridized carbons (Fsp3) is 0.680. The van der Waals surface area contributed by atoms with E-state index >= 15 is 0 Å². The summed E-state index contributed by atoms with van der Waals surface area (Å²) in [4.78, 5) is 17.9. The summed E-state index contributed by atoms with van der Waals surface area (Å²) >= 11 is 0. The van der Waals surface area contributed by atoms with Gasteiger partial charge in [0.2, 0.25) is 0 Å². The molecular formula is C25H39N3O2. The number of nitrogens with one attached hydrogen (secondary N) is 1. The van der Waals surface area contributed by atoms with Gasteiger partial charge in [-0.3, -0.25) is 4.79 Å². The van der Waals surface area contributed by atoms with Gasteiger partial charge in [-0.05, 0) is 42.9 Å². The van der Waals surface area contributed by atoms with Crippen molar-refractivity contribution in [2.24, 2.45) is 11.8 Å². The number of aromatic nitrogens is 2. The molecule has 2 N–H and O–H groups in total. The van der Waals surface area contributed by atoms with Crippen molar-refractivity contribution in [3.63, 3.8) is 0 Å². The van der Waals surface area contributed by atoms with Crippen LogP contribution in [0.5, 0.6) is 0 Å². The third-order valence-corrected chi connectivity index (χ3v) is 7.12. The zero-order chi connectivity index (χ0) is 21.7. The van der Waals surface area contributed by atoms with Crippen molar-refractivity contribution in [3.8, 4) is 0 Å². The average molecular weight is 414 g/mol. The van der Waals surface area contributed by atoms with Crippen molar-refractivity contribution in [2.75, 3.05) is 6.61 Å². The second kappa shape index (κ2) is 10.4. The first kappa shape index (κ1) is 22.8. The molecule has 1 aromatic carbocycles. The Balaban J connectivity index is 1.92. The van der Waals surface area contributed by atoms with Gasteiger partial charge < -0.3 is 15.0 Å². The number of aliphatic hydroxyl groups excluding tert-OH is 1. The molecule has 1 aliphatic rings. The van der Waals surface area contributed by atoms with Gasteiger partial charge in [0.1, 0.15) is 5.82 Å². The van der Waals surface area contributed by atoms with E-state index in [1.807, 2.05) is 12.1 Å². The van der Waals surface area contributed by atoms with E-state index in [4.69, 9.17) is 4.98 Å². The monoisotopic (exact) mass is 413 g/mol. The summed E-state index contributed by atoms with van der Waals surface area (Å²) in [6.45, 7) is 8.56. The van der Waals surface area contributed by atoms with E-state index in [1.165, 1.54) is 31.5 Å². The lowest BCUT2D eigenvalue weighted by Crippen LogP contribution is -2.41. The molecule has 2 atom stereocenters. The molecule has 2 aromatic rings. The van der Waals surface area contributed by atoms with Crippen LogP contribution in [-0.2, 0) is 6.42 Å². The number of carbonyl (C=O) groups is 1. The fourth-order valence-electron chi connectivity index (χ4n) is 4.87. The van der Waals surface area contributed by atoms with Crippen LogP contribution >= 0.6 is 0 Å². The second-order valence-corrected chi connectivity index (χ2v) is 9.07. The van der Waals surface area contributed by atoms with Crippen LogP contribution in [0.4, 0.5) is 0 Å². The van der Waals surface area contributed by atoms with E-state index in [0.29, 0.717) is 11.6 Å². The number of imidazole rings is 1. The molecule has 1 fully saturated rings. The van der Waals surface area contributed by atoms with Gasteiger partial charge in [0.15, 0.2) is 0 Å². The first-order valence-corrected chi connectivity index (χ1v) is 11.9. The van der Waals surface area contributed by atoms with Gasteiger partial charge in [-0.2, -0.15) is 0 Å². The lowest BCUT2D eigenvalue weighted by atomic mass is 9.99. The Bertz CT molecular complexity index is 834. The molecule has 2 unspecified atom stereocenters. The zero-order valence-corrected chi connectivity index (χ0v) is 19.2. The molecule has 1 aliphatic carbocycles. The Labute approximate surface area is 181 Å². The lowest BCUT2D eigenvalue weighted by molar-refractivity contribution is 0.0891. The number of aliphatic hydroxyl groups is 1. The Kier molecular flexibility index (Phi) is 7.93. The minimum atomic E-state index is -0.224. The third kappa shape index (κ3) is 4.88. The maximum Gasteiger partial charge on any atom is 0.251 e. The second-order valence-electron chi connectivity index (χ2n) is 9.07. The summed E-state index contributed by atoms with van der Waals surface area (Å²) in [6.07, 6.45) is 9.38. The highest BCUT2D eigenvalue weighted by Crippen LogP contribution is 2.32. The van der Waals surface area contributed by atoms with Crippen molar-refractivity contribution in [1.29, 1.82) is 0 Å². The number of amides is 1. The zero-order valence-electron chi connectivity index (χ0n) is 19.2. The van der Waals surface area contributed by atoms with E-state index in [0.717, 1.165) is 42.6 Å². The molecule has 1 heterocycles. The van der Waals surface area contributed by atoms with Gasteiger partial charge in [0.05, 0.1) is 23.7 Å². The number of benzene rings is 1. The van der Waals surface area contributed by atoms with Crippen LogP contribution in [0, 0.1) is 11.8 Å². The molecule has 0 bridgehead atoms. The van der Waals surface area contributed by atoms with E-state index in [9.17, 15) is 9.90 Å². The number of carbonyl (C=O) groups excluding carboxylic acids is 1. The predicted octanol–water partition coefficient (Wildman–Crippen LogP) is 5.27. The summed E-state index contributed by atoms with van der Waals surface area (Å²) in [5.41, 5.74) is 2.66. The van der Waals surface area contributed by atoms with Crippen LogP contribution < -0.4 is 5.32 Å². The van der Waals surface area contributed by atoms with Crippen LogP contribution in [0.25, 0.3) is 11.0 Å². The molecule has 0 aliphatic heterocycles. The van der Waals surface area contributed by atoms with Gasteiger partial charge in [-0.25, -0.2) is 4.98 Å². The minimum Gasteiger partial charge on any atom is -0.394 e. The number of rotatable bonds is 10. The highest BCUT2D eigenvalue weighted by Gasteiger charge is 2.23. The number of hydrogen-bond donors (Lipinski definition) is 2. The number of fused-ring (bicyclic) bond motifs is 1. The quantitative estimate of drug-likeness (QED) is 0.558. The van der Waals surface area contributed by atoms with E-state index in [2.05, 4.69) is 43.6 Å². The first-order chi connectivity index (χ1) is 14.5. The van der Waals surface area contributed by atoms with Crippen LogP contribution in [-0.4, -0.2) is 33.2 Å². The molecule has 0 spiro atoms. The summed E-state index contributed by atoms with van der Waals surface area (Å²) in [6, 6.07) is 6.11. The Hall–Kier alpha value is -1.88. The first-order valence-electron chi connectivity index (χ1n) is 11.9. The Morgan fingerprint density at radius 3 is 2.50 bits per heavy atom. The average Bonchev–Trinajstić information content (AvgIpc) is 3.40. The number of hydrogen-bond acceptors (Lipinski definition) is 3. The fourth-order valence-corrected chi connectivity index (χ4v) is 4.87. The standard InChI is InChI=1S/C25H39N3O2/c1-5-17(4)22(16-29)27-25(30)19-12-13-23-21(15-19)26-24(14-18-10-8-9-11-18)28(23)20(6-2)7-3/h12-13,15,17-18,20,22,29H,5-11,14,16H2,1-4H3,(H,27,30). The van der Waals surface area contributed by atoms with E-state index in [-0.39, 0.29) is 24.5 Å². The minimum absolute atomic E-state index is 0.0438. The van der Waals surface area contributed by atoms with Gasteiger partial charge >= 0.3 is 0 Å². The molecule has 0 radical (unpaired) electrons. The summed E-state index contributed by atoms with van der Waals surface area (Å²) < 4.78 is 2.44. The van der Waals surface area contributed by atoms with Gasteiger partial charge in [0.25, 0.3) is 5.91 Å². The van der Waals surface area contributed by atoms with Crippen molar-refractivity contribution in [3.05, 3.63) is 29.6 Å².